The Bertz CT molecular complexity index is 235. The van der Waals surface area contributed by atoms with Crippen molar-refractivity contribution < 1.29 is 0 Å². The molecule has 2 nitrogen and oxygen atoms in total. The molecule has 4 heteroatoms. The largest absolute Gasteiger partial charge is 0.310 e. The topological polar surface area (TPSA) is 24.9 Å². The van der Waals surface area contributed by atoms with Crippen LogP contribution < -0.4 is 5.32 Å². The van der Waals surface area contributed by atoms with Gasteiger partial charge in [0.05, 0.1) is 10.7 Å². The van der Waals surface area contributed by atoms with Crippen molar-refractivity contribution in [2.24, 2.45) is 0 Å². The molecule has 0 saturated heterocycles. The molecule has 74 valence electrons. The number of thioether (sulfide) groups is 1. The first-order valence-corrected chi connectivity index (χ1v) is 6.77. The minimum atomic E-state index is 0.914. The van der Waals surface area contributed by atoms with Gasteiger partial charge in [0.1, 0.15) is 0 Å². The minimum absolute atomic E-state index is 0.914. The monoisotopic (exact) mass is 216 g/mol. The lowest BCUT2D eigenvalue weighted by molar-refractivity contribution is 0.717. The smallest absolute Gasteiger partial charge is 0.0926 e. The average Bonchev–Trinajstić information content (AvgIpc) is 2.60. The fraction of sp³-hybridized carbons (Fsp3) is 0.667. The molecule has 0 aliphatic carbocycles. The molecular formula is C9H16N2S2. The Morgan fingerprint density at radius 3 is 3.08 bits per heavy atom. The molecule has 0 spiro atoms. The molecular weight excluding hydrogens is 200 g/mol. The van der Waals surface area contributed by atoms with Gasteiger partial charge in [-0.15, -0.1) is 11.3 Å². The Labute approximate surface area is 88.2 Å². The quantitative estimate of drug-likeness (QED) is 0.738. The molecule has 0 radical (unpaired) electrons. The summed E-state index contributed by atoms with van der Waals surface area (Å²) in [4.78, 5) is 4.48. The fourth-order valence-corrected chi connectivity index (χ4v) is 2.08. The summed E-state index contributed by atoms with van der Waals surface area (Å²) in [5, 5.41) is 6.74. The van der Waals surface area contributed by atoms with E-state index in [-0.39, 0.29) is 0 Å². The summed E-state index contributed by atoms with van der Waals surface area (Å²) in [5.74, 6) is 1.17. The number of nitrogens with zero attached hydrogens (tertiary/aromatic N) is 1. The zero-order valence-corrected chi connectivity index (χ0v) is 9.80. The third-order valence-electron chi connectivity index (χ3n) is 1.69. The van der Waals surface area contributed by atoms with Crippen LogP contribution in [0, 0.1) is 0 Å². The predicted octanol–water partition coefficient (Wildman–Crippen LogP) is 2.16. The highest BCUT2D eigenvalue weighted by Gasteiger charge is 1.98. The van der Waals surface area contributed by atoms with Crippen molar-refractivity contribution in [1.29, 1.82) is 0 Å². The van der Waals surface area contributed by atoms with Crippen LogP contribution in [0.4, 0.5) is 0 Å². The van der Waals surface area contributed by atoms with E-state index in [1.54, 1.807) is 11.3 Å². The lowest BCUT2D eigenvalue weighted by atomic mass is 10.4. The molecule has 0 aromatic carbocycles. The van der Waals surface area contributed by atoms with Crippen LogP contribution in [0.1, 0.15) is 17.6 Å². The van der Waals surface area contributed by atoms with Crippen LogP contribution in [-0.2, 0) is 13.0 Å². The van der Waals surface area contributed by atoms with Gasteiger partial charge in [0.2, 0.25) is 0 Å². The number of rotatable bonds is 6. The zero-order valence-electron chi connectivity index (χ0n) is 8.17. The molecule has 0 aliphatic rings. The van der Waals surface area contributed by atoms with E-state index in [2.05, 4.69) is 28.9 Å². The summed E-state index contributed by atoms with van der Waals surface area (Å²) in [5.41, 5.74) is 1.18. The van der Waals surface area contributed by atoms with Gasteiger partial charge < -0.3 is 5.32 Å². The van der Waals surface area contributed by atoms with Gasteiger partial charge in [-0.25, -0.2) is 4.98 Å². The van der Waals surface area contributed by atoms with Gasteiger partial charge >= 0.3 is 0 Å². The second-order valence-corrected chi connectivity index (χ2v) is 4.68. The van der Waals surface area contributed by atoms with E-state index in [0.717, 1.165) is 19.5 Å². The van der Waals surface area contributed by atoms with E-state index >= 15 is 0 Å². The molecule has 1 aromatic rings. The summed E-state index contributed by atoms with van der Waals surface area (Å²) >= 11 is 3.62. The van der Waals surface area contributed by atoms with E-state index in [9.17, 15) is 0 Å². The van der Waals surface area contributed by atoms with Crippen molar-refractivity contribution in [2.45, 2.75) is 19.9 Å². The third kappa shape index (κ3) is 4.11. The van der Waals surface area contributed by atoms with Crippen molar-refractivity contribution in [2.75, 3.05) is 18.6 Å². The molecule has 1 aromatic heterocycles. The van der Waals surface area contributed by atoms with E-state index in [1.807, 2.05) is 11.8 Å². The van der Waals surface area contributed by atoms with Gasteiger partial charge in [0.15, 0.2) is 0 Å². The molecule has 0 fully saturated rings. The summed E-state index contributed by atoms with van der Waals surface area (Å²) in [6.45, 7) is 4.13. The predicted molar refractivity (Wildman–Crippen MR) is 61.6 cm³/mol. The van der Waals surface area contributed by atoms with Gasteiger partial charge in [-0.1, -0.05) is 6.92 Å². The first-order chi connectivity index (χ1) is 6.36. The number of thiazole rings is 1. The fourth-order valence-electron chi connectivity index (χ4n) is 0.983. The van der Waals surface area contributed by atoms with Crippen molar-refractivity contribution in [3.63, 3.8) is 0 Å². The second kappa shape index (κ2) is 6.40. The van der Waals surface area contributed by atoms with Crippen LogP contribution in [0.3, 0.4) is 0 Å². The highest BCUT2D eigenvalue weighted by Crippen LogP contribution is 2.09. The van der Waals surface area contributed by atoms with Crippen LogP contribution in [0.5, 0.6) is 0 Å². The Morgan fingerprint density at radius 2 is 2.46 bits per heavy atom. The maximum atomic E-state index is 4.48. The lowest BCUT2D eigenvalue weighted by Gasteiger charge is -1.99. The number of aromatic nitrogens is 1. The normalized spacial score (nSPS) is 10.6. The summed E-state index contributed by atoms with van der Waals surface area (Å²) in [6, 6.07) is 0. The highest BCUT2D eigenvalue weighted by molar-refractivity contribution is 7.98. The van der Waals surface area contributed by atoms with Gasteiger partial charge in [-0.2, -0.15) is 11.8 Å². The van der Waals surface area contributed by atoms with E-state index in [0.29, 0.717) is 0 Å². The van der Waals surface area contributed by atoms with Crippen LogP contribution in [-0.4, -0.2) is 23.5 Å². The molecule has 1 rings (SSSR count). The minimum Gasteiger partial charge on any atom is -0.310 e. The summed E-state index contributed by atoms with van der Waals surface area (Å²) < 4.78 is 0. The molecule has 0 aliphatic heterocycles. The lowest BCUT2D eigenvalue weighted by Crippen LogP contribution is -2.16. The van der Waals surface area contributed by atoms with Crippen molar-refractivity contribution in [1.82, 2.24) is 10.3 Å². The average molecular weight is 216 g/mol. The number of nitrogens with one attached hydrogen (secondary N) is 1. The van der Waals surface area contributed by atoms with Crippen LogP contribution in [0.15, 0.2) is 5.38 Å². The molecule has 1 heterocycles. The molecule has 1 N–H and O–H groups in total. The molecule has 13 heavy (non-hydrogen) atoms. The molecule has 0 bridgehead atoms. The van der Waals surface area contributed by atoms with Crippen LogP contribution in [0.25, 0.3) is 0 Å². The SMILES string of the molecule is CCc1nc(CNCCSC)cs1. The summed E-state index contributed by atoms with van der Waals surface area (Å²) in [6.07, 6.45) is 3.18. The maximum Gasteiger partial charge on any atom is 0.0926 e. The maximum absolute atomic E-state index is 4.48. The Balaban J connectivity index is 2.20. The first-order valence-electron chi connectivity index (χ1n) is 4.49. The van der Waals surface area contributed by atoms with E-state index in [4.69, 9.17) is 0 Å². The van der Waals surface area contributed by atoms with E-state index in [1.165, 1.54) is 16.5 Å². The molecule has 0 saturated carbocycles. The number of hydrogen-bond donors (Lipinski definition) is 1. The van der Waals surface area contributed by atoms with E-state index < -0.39 is 0 Å². The highest BCUT2D eigenvalue weighted by atomic mass is 32.2. The second-order valence-electron chi connectivity index (χ2n) is 2.76. The standard InChI is InChI=1S/C9H16N2S2/c1-3-9-11-8(7-13-9)6-10-4-5-12-2/h7,10H,3-6H2,1-2H3. The summed E-state index contributed by atoms with van der Waals surface area (Å²) in [7, 11) is 0. The number of hydrogen-bond acceptors (Lipinski definition) is 4. The van der Waals surface area contributed by atoms with Gasteiger partial charge in [-0.05, 0) is 12.7 Å². The van der Waals surface area contributed by atoms with Gasteiger partial charge in [0, 0.05) is 24.2 Å². The molecule has 0 amide bonds. The molecule has 0 atom stereocenters. The first kappa shape index (κ1) is 11.0. The Morgan fingerprint density at radius 1 is 1.62 bits per heavy atom. The van der Waals surface area contributed by atoms with Crippen LogP contribution >= 0.6 is 23.1 Å². The van der Waals surface area contributed by atoms with Gasteiger partial charge in [0.25, 0.3) is 0 Å². The van der Waals surface area contributed by atoms with Crippen molar-refractivity contribution in [3.05, 3.63) is 16.1 Å². The zero-order chi connectivity index (χ0) is 9.52. The van der Waals surface area contributed by atoms with Crippen LogP contribution in [0.2, 0.25) is 0 Å². The Hall–Kier alpha value is -0.0600. The molecule has 0 unspecified atom stereocenters. The Kier molecular flexibility index (Phi) is 5.43. The van der Waals surface area contributed by atoms with Crippen molar-refractivity contribution >= 4 is 23.1 Å². The van der Waals surface area contributed by atoms with Crippen molar-refractivity contribution in [3.8, 4) is 0 Å². The number of aryl methyl sites for hydroxylation is 1. The third-order valence-corrected chi connectivity index (χ3v) is 3.35. The van der Waals surface area contributed by atoms with Gasteiger partial charge in [-0.3, -0.25) is 0 Å².